The van der Waals surface area contributed by atoms with E-state index < -0.39 is 0 Å². The Morgan fingerprint density at radius 2 is 1.19 bits per heavy atom. The van der Waals surface area contributed by atoms with Crippen LogP contribution in [0.3, 0.4) is 0 Å². The van der Waals surface area contributed by atoms with Crippen LogP contribution in [0.15, 0.2) is 36.4 Å². The molecule has 112 valence electrons. The Labute approximate surface area is 125 Å². The number of hydrogen-bond donors (Lipinski definition) is 2. The fourth-order valence-electron chi connectivity index (χ4n) is 2.12. The number of nitrogen functional groups attached to an aromatic ring is 2. The average Bonchev–Trinajstić information content (AvgIpc) is 2.50. The van der Waals surface area contributed by atoms with Crippen molar-refractivity contribution in [2.45, 2.75) is 26.7 Å². The van der Waals surface area contributed by atoms with Gasteiger partial charge in [0.1, 0.15) is 11.5 Å². The minimum Gasteiger partial charge on any atom is -0.457 e. The van der Waals surface area contributed by atoms with Gasteiger partial charge in [-0.15, -0.1) is 0 Å². The van der Waals surface area contributed by atoms with E-state index in [1.54, 1.807) is 0 Å². The summed E-state index contributed by atoms with van der Waals surface area (Å²) in [4.78, 5) is 0. The highest BCUT2D eigenvalue weighted by Crippen LogP contribution is 2.22. The molecule has 2 rings (SSSR count). The van der Waals surface area contributed by atoms with Crippen molar-refractivity contribution in [1.82, 2.24) is 0 Å². The third kappa shape index (κ3) is 3.81. The maximum absolute atomic E-state index is 5.87. The molecule has 0 heterocycles. The van der Waals surface area contributed by atoms with Crippen LogP contribution in [0.4, 0.5) is 11.4 Å². The summed E-state index contributed by atoms with van der Waals surface area (Å²) in [7, 11) is 0. The van der Waals surface area contributed by atoms with Gasteiger partial charge in [0.15, 0.2) is 0 Å². The molecule has 4 nitrogen and oxygen atoms in total. The van der Waals surface area contributed by atoms with E-state index in [0.29, 0.717) is 0 Å². The van der Waals surface area contributed by atoms with E-state index in [2.05, 4.69) is 13.8 Å². The Kier molecular flexibility index (Phi) is 4.93. The van der Waals surface area contributed by atoms with Crippen molar-refractivity contribution in [1.29, 1.82) is 0 Å². The average molecular weight is 286 g/mol. The fourth-order valence-corrected chi connectivity index (χ4v) is 2.12. The summed E-state index contributed by atoms with van der Waals surface area (Å²) in [5, 5.41) is 0. The van der Waals surface area contributed by atoms with Crippen LogP contribution in [0.5, 0.6) is 11.5 Å². The molecular formula is C17H22N2O2. The Bertz CT molecular complexity index is 558. The van der Waals surface area contributed by atoms with Crippen molar-refractivity contribution in [3.63, 3.8) is 0 Å². The molecule has 0 atom stereocenters. The van der Waals surface area contributed by atoms with E-state index in [-0.39, 0.29) is 6.79 Å². The SMILES string of the molecule is CCc1cc(OCOc2ccc(N)c(CC)c2)ccc1N. The topological polar surface area (TPSA) is 70.5 Å². The molecule has 0 amide bonds. The lowest BCUT2D eigenvalue weighted by Gasteiger charge is -2.12. The van der Waals surface area contributed by atoms with Crippen LogP contribution in [0.1, 0.15) is 25.0 Å². The minimum absolute atomic E-state index is 0.153. The monoisotopic (exact) mass is 286 g/mol. The molecule has 0 bridgehead atoms. The number of nitrogens with two attached hydrogens (primary N) is 2. The molecular weight excluding hydrogens is 264 g/mol. The van der Waals surface area contributed by atoms with Gasteiger partial charge >= 0.3 is 0 Å². The van der Waals surface area contributed by atoms with Gasteiger partial charge in [0.25, 0.3) is 0 Å². The zero-order valence-corrected chi connectivity index (χ0v) is 12.6. The first-order chi connectivity index (χ1) is 10.1. The lowest BCUT2D eigenvalue weighted by atomic mass is 10.1. The lowest BCUT2D eigenvalue weighted by molar-refractivity contribution is 0.119. The first-order valence-electron chi connectivity index (χ1n) is 7.16. The van der Waals surface area contributed by atoms with Gasteiger partial charge < -0.3 is 20.9 Å². The molecule has 0 aliphatic carbocycles. The Balaban J connectivity index is 1.95. The van der Waals surface area contributed by atoms with Crippen molar-refractivity contribution < 1.29 is 9.47 Å². The van der Waals surface area contributed by atoms with Crippen molar-refractivity contribution in [2.75, 3.05) is 18.3 Å². The van der Waals surface area contributed by atoms with E-state index in [1.165, 1.54) is 0 Å². The first-order valence-corrected chi connectivity index (χ1v) is 7.16. The van der Waals surface area contributed by atoms with Gasteiger partial charge in [0, 0.05) is 11.4 Å². The maximum Gasteiger partial charge on any atom is 0.230 e. The molecule has 0 aliphatic heterocycles. The van der Waals surface area contributed by atoms with E-state index >= 15 is 0 Å². The van der Waals surface area contributed by atoms with E-state index in [4.69, 9.17) is 20.9 Å². The third-order valence-electron chi connectivity index (χ3n) is 3.44. The highest BCUT2D eigenvalue weighted by molar-refractivity contribution is 5.51. The Morgan fingerprint density at radius 3 is 1.57 bits per heavy atom. The quantitative estimate of drug-likeness (QED) is 0.631. The van der Waals surface area contributed by atoms with E-state index in [1.807, 2.05) is 36.4 Å². The summed E-state index contributed by atoms with van der Waals surface area (Å²) in [5.74, 6) is 1.51. The summed E-state index contributed by atoms with van der Waals surface area (Å²) in [5.41, 5.74) is 15.5. The minimum atomic E-state index is 0.153. The zero-order valence-electron chi connectivity index (χ0n) is 12.6. The molecule has 0 unspecified atom stereocenters. The molecule has 4 N–H and O–H groups in total. The third-order valence-corrected chi connectivity index (χ3v) is 3.44. The predicted octanol–water partition coefficient (Wildman–Crippen LogP) is 3.39. The predicted molar refractivity (Wildman–Crippen MR) is 86.6 cm³/mol. The molecule has 0 spiro atoms. The second-order valence-corrected chi connectivity index (χ2v) is 4.83. The van der Waals surface area contributed by atoms with Gasteiger partial charge in [-0.2, -0.15) is 0 Å². The van der Waals surface area contributed by atoms with Crippen molar-refractivity contribution in [3.05, 3.63) is 47.5 Å². The summed E-state index contributed by atoms with van der Waals surface area (Å²) < 4.78 is 11.2. The normalized spacial score (nSPS) is 10.4. The van der Waals surface area contributed by atoms with Crippen molar-refractivity contribution in [2.24, 2.45) is 0 Å². The standard InChI is InChI=1S/C17H22N2O2/c1-3-12-9-14(5-7-16(12)18)20-11-21-15-6-8-17(19)13(4-2)10-15/h5-10H,3-4,11,18-19H2,1-2H3. The molecule has 2 aromatic carbocycles. The molecule has 0 saturated carbocycles. The van der Waals surface area contributed by atoms with Gasteiger partial charge in [-0.25, -0.2) is 0 Å². The Hall–Kier alpha value is -2.36. The van der Waals surface area contributed by atoms with Crippen LogP contribution < -0.4 is 20.9 Å². The van der Waals surface area contributed by atoms with E-state index in [0.717, 1.165) is 46.8 Å². The molecule has 2 aromatic rings. The highest BCUT2D eigenvalue weighted by atomic mass is 16.7. The summed E-state index contributed by atoms with van der Waals surface area (Å²) >= 11 is 0. The summed E-state index contributed by atoms with van der Waals surface area (Å²) in [6.45, 7) is 4.28. The van der Waals surface area contributed by atoms with Gasteiger partial charge in [-0.3, -0.25) is 0 Å². The molecule has 0 saturated heterocycles. The van der Waals surface area contributed by atoms with Crippen molar-refractivity contribution in [3.8, 4) is 11.5 Å². The number of anilines is 2. The molecule has 0 radical (unpaired) electrons. The number of aryl methyl sites for hydroxylation is 2. The molecule has 21 heavy (non-hydrogen) atoms. The molecule has 0 fully saturated rings. The highest BCUT2D eigenvalue weighted by Gasteiger charge is 2.02. The first kappa shape index (κ1) is 15.0. The van der Waals surface area contributed by atoms with Gasteiger partial charge in [0.05, 0.1) is 0 Å². The summed E-state index contributed by atoms with van der Waals surface area (Å²) in [6.07, 6.45) is 1.75. The fraction of sp³-hybridized carbons (Fsp3) is 0.294. The molecule has 4 heteroatoms. The van der Waals surface area contributed by atoms with Crippen molar-refractivity contribution >= 4 is 11.4 Å². The van der Waals surface area contributed by atoms with Crippen LogP contribution >= 0.6 is 0 Å². The number of hydrogen-bond acceptors (Lipinski definition) is 4. The smallest absolute Gasteiger partial charge is 0.230 e. The van der Waals surface area contributed by atoms with Crippen LogP contribution in [0, 0.1) is 0 Å². The zero-order chi connectivity index (χ0) is 15.2. The van der Waals surface area contributed by atoms with Gasteiger partial charge in [-0.05, 0) is 60.4 Å². The van der Waals surface area contributed by atoms with Gasteiger partial charge in [0.2, 0.25) is 6.79 Å². The second kappa shape index (κ2) is 6.88. The number of ether oxygens (including phenoxy) is 2. The van der Waals surface area contributed by atoms with Gasteiger partial charge in [-0.1, -0.05) is 13.8 Å². The van der Waals surface area contributed by atoms with Crippen LogP contribution in [-0.4, -0.2) is 6.79 Å². The second-order valence-electron chi connectivity index (χ2n) is 4.83. The van der Waals surface area contributed by atoms with Crippen LogP contribution in [0.2, 0.25) is 0 Å². The maximum atomic E-state index is 5.87. The largest absolute Gasteiger partial charge is 0.457 e. The van der Waals surface area contributed by atoms with E-state index in [9.17, 15) is 0 Å². The summed E-state index contributed by atoms with van der Waals surface area (Å²) in [6, 6.07) is 11.3. The van der Waals surface area contributed by atoms with Crippen LogP contribution in [0.25, 0.3) is 0 Å². The number of rotatable bonds is 6. The Morgan fingerprint density at radius 1 is 0.762 bits per heavy atom. The lowest BCUT2D eigenvalue weighted by Crippen LogP contribution is -2.07. The van der Waals surface area contributed by atoms with Crippen LogP contribution in [-0.2, 0) is 12.8 Å². The molecule has 0 aliphatic rings. The molecule has 0 aromatic heterocycles. The number of benzene rings is 2.